The van der Waals surface area contributed by atoms with Gasteiger partial charge < -0.3 is 0 Å². The number of para-hydroxylation sites is 2. The topological polar surface area (TPSA) is 23.6 Å². The molecule has 3 rings (SSSR count). The number of hydrogen-bond acceptors (Lipinski definition) is 1. The number of urea groups is 1. The molecule has 0 aliphatic rings. The molecule has 26 heavy (non-hydrogen) atoms. The highest BCUT2D eigenvalue weighted by atomic mass is 16.2. The van der Waals surface area contributed by atoms with E-state index in [-0.39, 0.29) is 6.03 Å². The van der Waals surface area contributed by atoms with Crippen LogP contribution in [0.5, 0.6) is 0 Å². The minimum atomic E-state index is -0.0440. The summed E-state index contributed by atoms with van der Waals surface area (Å²) >= 11 is 0. The van der Waals surface area contributed by atoms with Crippen LogP contribution in [0.15, 0.2) is 78.9 Å². The number of carbonyl (C=O) groups excluding carboxylic acids is 1. The second-order valence-corrected chi connectivity index (χ2v) is 6.49. The van der Waals surface area contributed by atoms with Crippen molar-refractivity contribution in [3.63, 3.8) is 0 Å². The van der Waals surface area contributed by atoms with Crippen molar-refractivity contribution in [1.82, 2.24) is 0 Å². The summed E-state index contributed by atoms with van der Waals surface area (Å²) in [5.74, 6) is 0. The third-order valence-electron chi connectivity index (χ3n) is 4.54. The van der Waals surface area contributed by atoms with Crippen LogP contribution < -0.4 is 9.80 Å². The van der Waals surface area contributed by atoms with Gasteiger partial charge in [-0.3, -0.25) is 9.80 Å². The van der Waals surface area contributed by atoms with Crippen LogP contribution in [0.2, 0.25) is 0 Å². The Morgan fingerprint density at radius 2 is 1.31 bits per heavy atom. The van der Waals surface area contributed by atoms with Gasteiger partial charge in [-0.25, -0.2) is 4.79 Å². The monoisotopic (exact) mass is 344 g/mol. The Balaban J connectivity index is 1.97. The van der Waals surface area contributed by atoms with Gasteiger partial charge in [0.1, 0.15) is 0 Å². The molecule has 132 valence electrons. The first-order chi connectivity index (χ1) is 12.6. The molecule has 0 aliphatic heterocycles. The van der Waals surface area contributed by atoms with E-state index < -0.39 is 0 Å². The van der Waals surface area contributed by atoms with Gasteiger partial charge in [0.25, 0.3) is 0 Å². The third kappa shape index (κ3) is 3.77. The van der Waals surface area contributed by atoms with E-state index in [0.717, 1.165) is 28.1 Å². The van der Waals surface area contributed by atoms with Crippen molar-refractivity contribution < 1.29 is 4.79 Å². The molecular formula is C23H24N2O. The predicted molar refractivity (Wildman–Crippen MR) is 109 cm³/mol. The number of hydrogen-bond donors (Lipinski definition) is 0. The van der Waals surface area contributed by atoms with Crippen molar-refractivity contribution in [1.29, 1.82) is 0 Å². The summed E-state index contributed by atoms with van der Waals surface area (Å²) in [6, 6.07) is 25.9. The van der Waals surface area contributed by atoms with Gasteiger partial charge in [0.05, 0.1) is 12.2 Å². The molecule has 0 atom stereocenters. The fourth-order valence-electron chi connectivity index (χ4n) is 3.25. The zero-order valence-electron chi connectivity index (χ0n) is 15.5. The third-order valence-corrected chi connectivity index (χ3v) is 4.54. The highest BCUT2D eigenvalue weighted by Gasteiger charge is 2.23. The first kappa shape index (κ1) is 17.7. The Hall–Kier alpha value is -3.07. The molecule has 2 amide bonds. The average Bonchev–Trinajstić information content (AvgIpc) is 2.67. The number of carbonyl (C=O) groups is 1. The highest BCUT2D eigenvalue weighted by molar-refractivity contribution is 6.04. The Labute approximate surface area is 155 Å². The molecule has 0 unspecified atom stereocenters. The van der Waals surface area contributed by atoms with Gasteiger partial charge in [-0.1, -0.05) is 66.7 Å². The van der Waals surface area contributed by atoms with Crippen molar-refractivity contribution in [3.8, 4) is 0 Å². The van der Waals surface area contributed by atoms with E-state index in [1.54, 1.807) is 4.90 Å². The first-order valence-corrected chi connectivity index (χ1v) is 8.78. The summed E-state index contributed by atoms with van der Waals surface area (Å²) in [6.07, 6.45) is 0. The first-order valence-electron chi connectivity index (χ1n) is 8.78. The Kier molecular flexibility index (Phi) is 5.37. The van der Waals surface area contributed by atoms with E-state index in [2.05, 4.69) is 0 Å². The van der Waals surface area contributed by atoms with E-state index in [4.69, 9.17) is 0 Å². The van der Waals surface area contributed by atoms with Crippen LogP contribution in [0.3, 0.4) is 0 Å². The minimum absolute atomic E-state index is 0.0440. The lowest BCUT2D eigenvalue weighted by Crippen LogP contribution is -2.41. The molecule has 0 saturated heterocycles. The van der Waals surface area contributed by atoms with Crippen LogP contribution in [0, 0.1) is 13.8 Å². The Bertz CT molecular complexity index is 855. The van der Waals surface area contributed by atoms with Gasteiger partial charge in [0, 0.05) is 12.7 Å². The lowest BCUT2D eigenvalue weighted by molar-refractivity contribution is 0.252. The fraction of sp³-hybridized carbons (Fsp3) is 0.174. The summed E-state index contributed by atoms with van der Waals surface area (Å²) in [6.45, 7) is 4.60. The second-order valence-electron chi connectivity index (χ2n) is 6.49. The Morgan fingerprint density at radius 3 is 1.88 bits per heavy atom. The molecule has 0 spiro atoms. The van der Waals surface area contributed by atoms with Crippen LogP contribution >= 0.6 is 0 Å². The standard InChI is InChI=1S/C23H24N2O/c1-18-11-10-12-19(2)22(18)24(3)23(26)25(21-15-8-5-9-16-21)17-20-13-6-4-7-14-20/h4-16H,17H2,1-3H3. The molecule has 0 N–H and O–H groups in total. The molecule has 0 bridgehead atoms. The zero-order chi connectivity index (χ0) is 18.5. The van der Waals surface area contributed by atoms with E-state index in [1.807, 2.05) is 105 Å². The predicted octanol–water partition coefficient (Wildman–Crippen LogP) is 5.57. The van der Waals surface area contributed by atoms with Crippen molar-refractivity contribution in [2.75, 3.05) is 16.8 Å². The number of anilines is 2. The molecule has 0 radical (unpaired) electrons. The molecule has 0 saturated carbocycles. The summed E-state index contributed by atoms with van der Waals surface area (Å²) in [7, 11) is 1.85. The van der Waals surface area contributed by atoms with Gasteiger partial charge in [-0.05, 0) is 42.7 Å². The maximum atomic E-state index is 13.4. The second kappa shape index (κ2) is 7.87. The molecule has 3 nitrogen and oxygen atoms in total. The molecule has 3 heteroatoms. The molecule has 0 aliphatic carbocycles. The van der Waals surface area contributed by atoms with Crippen LogP contribution in [0.25, 0.3) is 0 Å². The smallest absolute Gasteiger partial charge is 0.297 e. The van der Waals surface area contributed by atoms with Crippen molar-refractivity contribution in [2.24, 2.45) is 0 Å². The van der Waals surface area contributed by atoms with Crippen LogP contribution in [0.4, 0.5) is 16.2 Å². The van der Waals surface area contributed by atoms with Crippen LogP contribution in [0.1, 0.15) is 16.7 Å². The van der Waals surface area contributed by atoms with E-state index in [9.17, 15) is 4.79 Å². The maximum Gasteiger partial charge on any atom is 0.329 e. The lowest BCUT2D eigenvalue weighted by atomic mass is 10.1. The van der Waals surface area contributed by atoms with Crippen molar-refractivity contribution >= 4 is 17.4 Å². The SMILES string of the molecule is Cc1cccc(C)c1N(C)C(=O)N(Cc1ccccc1)c1ccccc1. The van der Waals surface area contributed by atoms with Crippen LogP contribution in [-0.4, -0.2) is 13.1 Å². The number of nitrogens with zero attached hydrogens (tertiary/aromatic N) is 2. The van der Waals surface area contributed by atoms with E-state index in [1.165, 1.54) is 0 Å². The van der Waals surface area contributed by atoms with Gasteiger partial charge >= 0.3 is 6.03 Å². The van der Waals surface area contributed by atoms with Gasteiger partial charge in [-0.15, -0.1) is 0 Å². The molecule has 3 aromatic carbocycles. The lowest BCUT2D eigenvalue weighted by Gasteiger charge is -2.30. The number of benzene rings is 3. The summed E-state index contributed by atoms with van der Waals surface area (Å²) in [5, 5.41) is 0. The van der Waals surface area contributed by atoms with Gasteiger partial charge in [-0.2, -0.15) is 0 Å². The molecule has 0 heterocycles. The van der Waals surface area contributed by atoms with E-state index in [0.29, 0.717) is 6.54 Å². The summed E-state index contributed by atoms with van der Waals surface area (Å²) < 4.78 is 0. The Morgan fingerprint density at radius 1 is 0.769 bits per heavy atom. The quantitative estimate of drug-likeness (QED) is 0.607. The van der Waals surface area contributed by atoms with Gasteiger partial charge in [0.2, 0.25) is 0 Å². The number of aryl methyl sites for hydroxylation is 2. The maximum absolute atomic E-state index is 13.4. The normalized spacial score (nSPS) is 10.4. The molecule has 0 fully saturated rings. The van der Waals surface area contributed by atoms with Crippen LogP contribution in [-0.2, 0) is 6.54 Å². The van der Waals surface area contributed by atoms with E-state index >= 15 is 0 Å². The number of rotatable bonds is 4. The summed E-state index contributed by atoms with van der Waals surface area (Å²) in [4.78, 5) is 17.0. The molecular weight excluding hydrogens is 320 g/mol. The molecule has 3 aromatic rings. The zero-order valence-corrected chi connectivity index (χ0v) is 15.5. The molecule has 0 aromatic heterocycles. The summed E-state index contributed by atoms with van der Waals surface area (Å²) in [5.41, 5.74) is 5.13. The van der Waals surface area contributed by atoms with Gasteiger partial charge in [0.15, 0.2) is 0 Å². The van der Waals surface area contributed by atoms with Crippen molar-refractivity contribution in [3.05, 3.63) is 95.6 Å². The largest absolute Gasteiger partial charge is 0.329 e. The highest BCUT2D eigenvalue weighted by Crippen LogP contribution is 2.26. The van der Waals surface area contributed by atoms with Crippen molar-refractivity contribution in [2.45, 2.75) is 20.4 Å². The minimum Gasteiger partial charge on any atom is -0.297 e. The average molecular weight is 344 g/mol. The fourth-order valence-corrected chi connectivity index (χ4v) is 3.25. The number of amides is 2.